The zero-order chi connectivity index (χ0) is 11.7. The Hall–Kier alpha value is -0.570. The molecule has 3 nitrogen and oxygen atoms in total. The van der Waals surface area contributed by atoms with Gasteiger partial charge in [0.1, 0.15) is 6.61 Å². The lowest BCUT2D eigenvalue weighted by molar-refractivity contribution is 0.0710. The molecule has 3 fully saturated rings. The molecule has 96 valence electrons. The molecule has 1 heterocycles. The van der Waals surface area contributed by atoms with Crippen LogP contribution in [0.1, 0.15) is 38.5 Å². The average molecular weight is 236 g/mol. The van der Waals surface area contributed by atoms with Crippen molar-refractivity contribution in [3.05, 3.63) is 0 Å². The van der Waals surface area contributed by atoms with Gasteiger partial charge < -0.3 is 9.74 Å². The van der Waals surface area contributed by atoms with Gasteiger partial charge in [0.05, 0.1) is 5.71 Å². The van der Waals surface area contributed by atoms with Crippen LogP contribution >= 0.6 is 0 Å². The van der Waals surface area contributed by atoms with E-state index in [9.17, 15) is 0 Å². The Morgan fingerprint density at radius 2 is 2.29 bits per heavy atom. The predicted octanol–water partition coefficient (Wildman–Crippen LogP) is 2.52. The van der Waals surface area contributed by atoms with E-state index in [4.69, 9.17) is 4.84 Å². The van der Waals surface area contributed by atoms with E-state index >= 15 is 0 Å². The fourth-order valence-corrected chi connectivity index (χ4v) is 3.77. The summed E-state index contributed by atoms with van der Waals surface area (Å²) in [6.45, 7) is 3.25. The minimum Gasteiger partial charge on any atom is -0.396 e. The second kappa shape index (κ2) is 4.97. The number of likely N-dealkylation sites (tertiary alicyclic amines) is 1. The first-order chi connectivity index (χ1) is 8.31. The van der Waals surface area contributed by atoms with Crippen molar-refractivity contribution >= 4 is 5.71 Å². The molecule has 2 bridgehead atoms. The molecular weight excluding hydrogens is 212 g/mol. The summed E-state index contributed by atoms with van der Waals surface area (Å²) in [4.78, 5) is 8.02. The summed E-state index contributed by atoms with van der Waals surface area (Å²) < 4.78 is 0. The molecule has 1 aliphatic heterocycles. The summed E-state index contributed by atoms with van der Waals surface area (Å²) in [5.41, 5.74) is 1.37. The first kappa shape index (κ1) is 11.5. The molecule has 3 atom stereocenters. The Morgan fingerprint density at radius 3 is 3.00 bits per heavy atom. The van der Waals surface area contributed by atoms with Gasteiger partial charge in [-0.05, 0) is 58.0 Å². The first-order valence-electron chi connectivity index (χ1n) is 7.18. The highest BCUT2D eigenvalue weighted by Crippen LogP contribution is 2.42. The third-order valence-electron chi connectivity index (χ3n) is 4.72. The van der Waals surface area contributed by atoms with Crippen LogP contribution in [-0.4, -0.2) is 37.4 Å². The number of hydrogen-bond donors (Lipinski definition) is 0. The van der Waals surface area contributed by atoms with Crippen LogP contribution in [0, 0.1) is 17.8 Å². The van der Waals surface area contributed by atoms with Gasteiger partial charge in [-0.3, -0.25) is 0 Å². The van der Waals surface area contributed by atoms with E-state index in [1.807, 2.05) is 0 Å². The molecular formula is C14H24N2O. The predicted molar refractivity (Wildman–Crippen MR) is 69.1 cm³/mol. The summed E-state index contributed by atoms with van der Waals surface area (Å²) >= 11 is 0. The fraction of sp³-hybridized carbons (Fsp3) is 0.929. The van der Waals surface area contributed by atoms with Crippen LogP contribution in [0.3, 0.4) is 0 Å². The Bertz CT molecular complexity index is 303. The number of piperidine rings is 1. The summed E-state index contributed by atoms with van der Waals surface area (Å²) in [6, 6.07) is 0. The Balaban J connectivity index is 1.44. The number of fused-ring (bicyclic) bond motifs is 2. The quantitative estimate of drug-likeness (QED) is 0.703. The first-order valence-corrected chi connectivity index (χ1v) is 7.18. The van der Waals surface area contributed by atoms with Gasteiger partial charge in [-0.1, -0.05) is 5.16 Å². The zero-order valence-corrected chi connectivity index (χ0v) is 10.9. The molecule has 3 aliphatic rings. The van der Waals surface area contributed by atoms with Gasteiger partial charge in [0.2, 0.25) is 0 Å². The molecule has 3 rings (SSSR count). The standard InChI is InChI=1S/C14H24N2O/c1-16-6-2-3-12(9-16)10-17-15-14-8-11-4-5-13(14)7-11/h11-13H,2-10H2,1H3/b15-14+/t11-,12?,13+/m0/s1. The molecule has 2 saturated carbocycles. The summed E-state index contributed by atoms with van der Waals surface area (Å²) in [5, 5.41) is 4.42. The lowest BCUT2D eigenvalue weighted by Crippen LogP contribution is -2.34. The van der Waals surface area contributed by atoms with Gasteiger partial charge in [-0.25, -0.2) is 0 Å². The Kier molecular flexibility index (Phi) is 3.37. The third kappa shape index (κ3) is 2.65. The van der Waals surface area contributed by atoms with Crippen LogP contribution in [0.4, 0.5) is 0 Å². The Morgan fingerprint density at radius 1 is 1.35 bits per heavy atom. The maximum absolute atomic E-state index is 5.62. The van der Waals surface area contributed by atoms with Crippen LogP contribution in [-0.2, 0) is 4.84 Å². The molecule has 0 aromatic heterocycles. The summed E-state index contributed by atoms with van der Waals surface area (Å²) in [7, 11) is 2.20. The number of nitrogens with zero attached hydrogens (tertiary/aromatic N) is 2. The van der Waals surface area contributed by atoms with Crippen molar-refractivity contribution in [1.29, 1.82) is 0 Å². The molecule has 0 spiro atoms. The van der Waals surface area contributed by atoms with Gasteiger partial charge in [-0.15, -0.1) is 0 Å². The van der Waals surface area contributed by atoms with Gasteiger partial charge in [0.15, 0.2) is 0 Å². The second-order valence-electron chi connectivity index (χ2n) is 6.23. The molecule has 3 heteroatoms. The molecule has 0 N–H and O–H groups in total. The normalized spacial score (nSPS) is 40.1. The van der Waals surface area contributed by atoms with E-state index in [1.165, 1.54) is 57.3 Å². The minimum absolute atomic E-state index is 0.691. The topological polar surface area (TPSA) is 24.8 Å². The largest absolute Gasteiger partial charge is 0.396 e. The van der Waals surface area contributed by atoms with E-state index in [1.54, 1.807) is 0 Å². The molecule has 0 radical (unpaired) electrons. The molecule has 0 aromatic carbocycles. The molecule has 2 aliphatic carbocycles. The van der Waals surface area contributed by atoms with Crippen LogP contribution in [0.25, 0.3) is 0 Å². The lowest BCUT2D eigenvalue weighted by Gasteiger charge is -2.28. The zero-order valence-electron chi connectivity index (χ0n) is 10.9. The molecule has 0 aromatic rings. The van der Waals surface area contributed by atoms with Crippen molar-refractivity contribution in [1.82, 2.24) is 4.90 Å². The second-order valence-corrected chi connectivity index (χ2v) is 6.23. The lowest BCUT2D eigenvalue weighted by atomic mass is 9.99. The number of hydrogen-bond acceptors (Lipinski definition) is 3. The fourth-order valence-electron chi connectivity index (χ4n) is 3.77. The van der Waals surface area contributed by atoms with Gasteiger partial charge in [0, 0.05) is 18.4 Å². The van der Waals surface area contributed by atoms with Crippen molar-refractivity contribution in [2.75, 3.05) is 26.7 Å². The smallest absolute Gasteiger partial charge is 0.121 e. The van der Waals surface area contributed by atoms with Crippen LogP contribution in [0.5, 0.6) is 0 Å². The van der Waals surface area contributed by atoms with Gasteiger partial charge in [-0.2, -0.15) is 0 Å². The summed E-state index contributed by atoms with van der Waals surface area (Å²) in [5.74, 6) is 2.40. The van der Waals surface area contributed by atoms with Crippen molar-refractivity contribution < 1.29 is 4.84 Å². The maximum atomic E-state index is 5.62. The van der Waals surface area contributed by atoms with Crippen LogP contribution in [0.15, 0.2) is 5.16 Å². The average Bonchev–Trinajstić information content (AvgIpc) is 2.91. The van der Waals surface area contributed by atoms with E-state index in [0.717, 1.165) is 18.4 Å². The summed E-state index contributed by atoms with van der Waals surface area (Å²) in [6.07, 6.45) is 8.01. The van der Waals surface area contributed by atoms with Crippen molar-refractivity contribution in [3.8, 4) is 0 Å². The highest BCUT2D eigenvalue weighted by atomic mass is 16.6. The molecule has 0 amide bonds. The number of rotatable bonds is 3. The van der Waals surface area contributed by atoms with Crippen LogP contribution in [0.2, 0.25) is 0 Å². The van der Waals surface area contributed by atoms with Crippen molar-refractivity contribution in [3.63, 3.8) is 0 Å². The molecule has 17 heavy (non-hydrogen) atoms. The minimum atomic E-state index is 0.691. The molecule has 1 unspecified atom stereocenters. The van der Waals surface area contributed by atoms with Crippen molar-refractivity contribution in [2.45, 2.75) is 38.5 Å². The van der Waals surface area contributed by atoms with E-state index in [2.05, 4.69) is 17.1 Å². The monoisotopic (exact) mass is 236 g/mol. The van der Waals surface area contributed by atoms with Gasteiger partial charge in [0.25, 0.3) is 0 Å². The van der Waals surface area contributed by atoms with Crippen molar-refractivity contribution in [2.24, 2.45) is 22.9 Å². The highest BCUT2D eigenvalue weighted by Gasteiger charge is 2.37. The SMILES string of the molecule is CN1CCCC(CO/N=C2\C[C@H]3CC[C@@H]2C3)C1. The third-order valence-corrected chi connectivity index (χ3v) is 4.72. The number of oxime groups is 1. The van der Waals surface area contributed by atoms with Gasteiger partial charge >= 0.3 is 0 Å². The van der Waals surface area contributed by atoms with Crippen LogP contribution < -0.4 is 0 Å². The molecule has 1 saturated heterocycles. The van der Waals surface area contributed by atoms with E-state index in [0.29, 0.717) is 5.92 Å². The van der Waals surface area contributed by atoms with E-state index < -0.39 is 0 Å². The maximum Gasteiger partial charge on any atom is 0.121 e. The highest BCUT2D eigenvalue weighted by molar-refractivity contribution is 5.89. The Labute approximate surface area is 104 Å². The van der Waals surface area contributed by atoms with E-state index in [-0.39, 0.29) is 0 Å².